The van der Waals surface area contributed by atoms with E-state index in [1.54, 1.807) is 0 Å². The van der Waals surface area contributed by atoms with Gasteiger partial charge in [-0.2, -0.15) is 0 Å². The van der Waals surface area contributed by atoms with Gasteiger partial charge >= 0.3 is 0 Å². The number of phenols is 1. The highest BCUT2D eigenvalue weighted by Gasteiger charge is 2.33. The Hall–Kier alpha value is -1.80. The fourth-order valence-corrected chi connectivity index (χ4v) is 4.01. The lowest BCUT2D eigenvalue weighted by Gasteiger charge is -2.40. The SMILES string of the molecule is CCc1ccc2c(c1O)-c1cccc3c1[C@@H](C2)N(C)CC3. The molecule has 1 N–H and O–H groups in total. The first-order valence-corrected chi connectivity index (χ1v) is 7.86. The van der Waals surface area contributed by atoms with Crippen LogP contribution in [0.4, 0.5) is 0 Å². The second-order valence-corrected chi connectivity index (χ2v) is 6.29. The van der Waals surface area contributed by atoms with Crippen LogP contribution in [-0.4, -0.2) is 23.6 Å². The fraction of sp³-hybridized carbons (Fsp3) is 0.368. The van der Waals surface area contributed by atoms with Crippen molar-refractivity contribution in [3.8, 4) is 16.9 Å². The van der Waals surface area contributed by atoms with Gasteiger partial charge in [-0.1, -0.05) is 37.3 Å². The number of nitrogens with zero attached hydrogens (tertiary/aromatic N) is 1. The van der Waals surface area contributed by atoms with E-state index in [9.17, 15) is 5.11 Å². The summed E-state index contributed by atoms with van der Waals surface area (Å²) in [7, 11) is 2.22. The highest BCUT2D eigenvalue weighted by molar-refractivity contribution is 5.81. The van der Waals surface area contributed by atoms with Crippen LogP contribution in [0.2, 0.25) is 0 Å². The molecule has 1 atom stereocenters. The highest BCUT2D eigenvalue weighted by atomic mass is 16.3. The maximum Gasteiger partial charge on any atom is 0.126 e. The number of fused-ring (bicyclic) bond motifs is 2. The molecule has 0 radical (unpaired) electrons. The lowest BCUT2D eigenvalue weighted by Crippen LogP contribution is -2.35. The van der Waals surface area contributed by atoms with Gasteiger partial charge in [-0.3, -0.25) is 4.90 Å². The Morgan fingerprint density at radius 3 is 2.86 bits per heavy atom. The monoisotopic (exact) mass is 279 g/mol. The van der Waals surface area contributed by atoms with E-state index in [-0.39, 0.29) is 0 Å². The molecule has 0 aromatic heterocycles. The van der Waals surface area contributed by atoms with Crippen molar-refractivity contribution in [2.24, 2.45) is 0 Å². The van der Waals surface area contributed by atoms with Crippen LogP contribution in [0.5, 0.6) is 5.75 Å². The molecular weight excluding hydrogens is 258 g/mol. The van der Waals surface area contributed by atoms with Gasteiger partial charge in [0.1, 0.15) is 5.75 Å². The van der Waals surface area contributed by atoms with E-state index in [1.165, 1.54) is 22.3 Å². The van der Waals surface area contributed by atoms with Crippen molar-refractivity contribution in [1.29, 1.82) is 0 Å². The molecule has 0 unspecified atom stereocenters. The van der Waals surface area contributed by atoms with Gasteiger partial charge in [0.2, 0.25) is 0 Å². The number of hydrogen-bond donors (Lipinski definition) is 1. The molecule has 0 bridgehead atoms. The maximum absolute atomic E-state index is 10.7. The Labute approximate surface area is 126 Å². The molecule has 21 heavy (non-hydrogen) atoms. The Balaban J connectivity index is 2.02. The average Bonchev–Trinajstić information content (AvgIpc) is 2.51. The summed E-state index contributed by atoms with van der Waals surface area (Å²) in [6.45, 7) is 3.22. The van der Waals surface area contributed by atoms with Crippen molar-refractivity contribution < 1.29 is 5.11 Å². The predicted molar refractivity (Wildman–Crippen MR) is 85.7 cm³/mol. The largest absolute Gasteiger partial charge is 0.507 e. The molecule has 0 saturated heterocycles. The van der Waals surface area contributed by atoms with Gasteiger partial charge < -0.3 is 5.11 Å². The van der Waals surface area contributed by atoms with Crippen LogP contribution in [0.3, 0.4) is 0 Å². The number of phenolic OH excluding ortho intramolecular Hbond substituents is 1. The Bertz CT molecular complexity index is 720. The van der Waals surface area contributed by atoms with E-state index in [2.05, 4.69) is 49.2 Å². The summed E-state index contributed by atoms with van der Waals surface area (Å²) < 4.78 is 0. The van der Waals surface area contributed by atoms with Gasteiger partial charge in [0.15, 0.2) is 0 Å². The van der Waals surface area contributed by atoms with Gasteiger partial charge in [0.25, 0.3) is 0 Å². The first kappa shape index (κ1) is 12.9. The van der Waals surface area contributed by atoms with E-state index >= 15 is 0 Å². The zero-order valence-corrected chi connectivity index (χ0v) is 12.7. The van der Waals surface area contributed by atoms with Crippen LogP contribution in [-0.2, 0) is 19.3 Å². The minimum atomic E-state index is 0.462. The van der Waals surface area contributed by atoms with E-state index in [4.69, 9.17) is 0 Å². The smallest absolute Gasteiger partial charge is 0.126 e. The summed E-state index contributed by atoms with van der Waals surface area (Å²) in [6, 6.07) is 11.3. The van der Waals surface area contributed by atoms with Crippen molar-refractivity contribution >= 4 is 0 Å². The number of aryl methyl sites for hydroxylation is 1. The second-order valence-electron chi connectivity index (χ2n) is 6.29. The van der Waals surface area contributed by atoms with E-state index < -0.39 is 0 Å². The number of aromatic hydroxyl groups is 1. The minimum absolute atomic E-state index is 0.462. The van der Waals surface area contributed by atoms with E-state index in [0.29, 0.717) is 11.8 Å². The van der Waals surface area contributed by atoms with Crippen LogP contribution >= 0.6 is 0 Å². The lowest BCUT2D eigenvalue weighted by molar-refractivity contribution is 0.228. The van der Waals surface area contributed by atoms with E-state index in [0.717, 1.165) is 36.9 Å². The topological polar surface area (TPSA) is 23.5 Å². The van der Waals surface area contributed by atoms with Crippen molar-refractivity contribution in [1.82, 2.24) is 4.90 Å². The molecule has 2 aliphatic rings. The molecule has 2 aromatic rings. The van der Waals surface area contributed by atoms with Gasteiger partial charge in [0, 0.05) is 18.2 Å². The molecule has 108 valence electrons. The third-order valence-corrected chi connectivity index (χ3v) is 5.21. The predicted octanol–water partition coefficient (Wildman–Crippen LogP) is 3.71. The zero-order chi connectivity index (χ0) is 14.6. The van der Waals surface area contributed by atoms with Crippen LogP contribution in [0.1, 0.15) is 35.2 Å². The Morgan fingerprint density at radius 1 is 1.19 bits per heavy atom. The number of rotatable bonds is 1. The summed E-state index contributed by atoms with van der Waals surface area (Å²) in [4.78, 5) is 2.46. The third kappa shape index (κ3) is 1.75. The number of likely N-dealkylation sites (N-methyl/N-ethyl adjacent to an activating group) is 1. The Kier molecular flexibility index (Phi) is 2.83. The summed E-state index contributed by atoms with van der Waals surface area (Å²) in [5.74, 6) is 0.495. The molecule has 0 fully saturated rings. The zero-order valence-electron chi connectivity index (χ0n) is 12.7. The number of benzene rings is 2. The molecule has 0 amide bonds. The molecule has 1 heterocycles. The van der Waals surface area contributed by atoms with Crippen molar-refractivity contribution in [2.45, 2.75) is 32.2 Å². The van der Waals surface area contributed by atoms with Crippen molar-refractivity contribution in [3.63, 3.8) is 0 Å². The molecule has 2 aromatic carbocycles. The Morgan fingerprint density at radius 2 is 2.05 bits per heavy atom. The first-order valence-electron chi connectivity index (χ1n) is 7.86. The van der Waals surface area contributed by atoms with Crippen LogP contribution in [0.25, 0.3) is 11.1 Å². The van der Waals surface area contributed by atoms with Crippen molar-refractivity contribution in [3.05, 3.63) is 52.6 Å². The lowest BCUT2D eigenvalue weighted by atomic mass is 9.76. The maximum atomic E-state index is 10.7. The summed E-state index contributed by atoms with van der Waals surface area (Å²) in [5.41, 5.74) is 7.57. The third-order valence-electron chi connectivity index (χ3n) is 5.21. The van der Waals surface area contributed by atoms with E-state index in [1.807, 2.05) is 0 Å². The first-order chi connectivity index (χ1) is 10.2. The van der Waals surface area contributed by atoms with Gasteiger partial charge in [-0.05, 0) is 54.1 Å². The molecule has 2 heteroatoms. The molecule has 1 aliphatic heterocycles. The summed E-state index contributed by atoms with van der Waals surface area (Å²) in [6.07, 6.45) is 2.99. The van der Waals surface area contributed by atoms with Crippen molar-refractivity contribution in [2.75, 3.05) is 13.6 Å². The standard InChI is InChI=1S/C19H21NO/c1-3-12-7-8-14-11-16-17-13(9-10-20(16)2)5-4-6-15(17)18(14)19(12)21/h4-8,16,21H,3,9-11H2,1-2H3/t16-/m1/s1. The fourth-order valence-electron chi connectivity index (χ4n) is 4.01. The van der Waals surface area contributed by atoms with Crippen LogP contribution in [0, 0.1) is 0 Å². The van der Waals surface area contributed by atoms with Crippen LogP contribution in [0.15, 0.2) is 30.3 Å². The molecule has 0 saturated carbocycles. The highest BCUT2D eigenvalue weighted by Crippen LogP contribution is 2.48. The molecule has 2 nitrogen and oxygen atoms in total. The summed E-state index contributed by atoms with van der Waals surface area (Å²) >= 11 is 0. The van der Waals surface area contributed by atoms with Gasteiger partial charge in [-0.15, -0.1) is 0 Å². The van der Waals surface area contributed by atoms with Gasteiger partial charge in [-0.25, -0.2) is 0 Å². The van der Waals surface area contributed by atoms with Crippen LogP contribution < -0.4 is 0 Å². The van der Waals surface area contributed by atoms with Gasteiger partial charge in [0.05, 0.1) is 0 Å². The molecular formula is C19H21NO. The molecule has 1 aliphatic carbocycles. The average molecular weight is 279 g/mol. The second kappa shape index (κ2) is 4.60. The minimum Gasteiger partial charge on any atom is -0.507 e. The summed E-state index contributed by atoms with van der Waals surface area (Å²) in [5, 5.41) is 10.7. The quantitative estimate of drug-likeness (QED) is 0.860. The molecule has 4 rings (SSSR count). The number of hydrogen-bond acceptors (Lipinski definition) is 2. The molecule has 0 spiro atoms. The normalized spacial score (nSPS) is 20.0.